The van der Waals surface area contributed by atoms with Crippen LogP contribution in [0.3, 0.4) is 0 Å². The van der Waals surface area contributed by atoms with E-state index in [1.807, 2.05) is 51.5 Å². The molecule has 1 aliphatic heterocycles. The van der Waals surface area contributed by atoms with E-state index in [0.717, 1.165) is 41.8 Å². The highest BCUT2D eigenvalue weighted by Crippen LogP contribution is 2.40. The van der Waals surface area contributed by atoms with E-state index in [2.05, 4.69) is 87.6 Å². The molecule has 2 atom stereocenters. The summed E-state index contributed by atoms with van der Waals surface area (Å²) in [5.41, 5.74) is 2.78. The standard InChI is InChI=1S/C36H42N4O4/c1-35(2,3)44-34(42)38-30-21-14-22-39(24-30)32(33(41)43-4)23-31-25-40(26-37-31)36(27-15-8-5-9-16-27,28-17-10-6-11-18-28)29-19-12-7-13-20-29/h5-13,15-20,25-26,30,32H,14,21-24H2,1-4H3,(H,38,42). The van der Waals surface area contributed by atoms with Gasteiger partial charge in [0.1, 0.15) is 17.2 Å². The highest BCUT2D eigenvalue weighted by molar-refractivity contribution is 5.76. The molecule has 0 spiro atoms. The van der Waals surface area contributed by atoms with Gasteiger partial charge in [-0.05, 0) is 56.8 Å². The number of amides is 1. The van der Waals surface area contributed by atoms with Crippen molar-refractivity contribution in [3.8, 4) is 0 Å². The van der Waals surface area contributed by atoms with Crippen LogP contribution >= 0.6 is 0 Å². The number of methoxy groups -OCH3 is 1. The molecular weight excluding hydrogens is 552 g/mol. The van der Waals surface area contributed by atoms with E-state index in [4.69, 9.17) is 14.5 Å². The van der Waals surface area contributed by atoms with Gasteiger partial charge in [-0.3, -0.25) is 9.69 Å². The molecule has 3 aromatic carbocycles. The number of nitrogens with one attached hydrogen (secondary N) is 1. The van der Waals surface area contributed by atoms with Gasteiger partial charge in [0.2, 0.25) is 0 Å². The normalized spacial score (nSPS) is 16.6. The number of alkyl carbamates (subject to hydrolysis) is 1. The Morgan fingerprint density at radius 2 is 1.45 bits per heavy atom. The van der Waals surface area contributed by atoms with E-state index < -0.39 is 23.3 Å². The fourth-order valence-electron chi connectivity index (χ4n) is 6.21. The molecule has 1 aliphatic rings. The molecule has 8 nitrogen and oxygen atoms in total. The number of aromatic nitrogens is 2. The Hall–Kier alpha value is -4.43. The maximum absolute atomic E-state index is 13.2. The van der Waals surface area contributed by atoms with Crippen molar-refractivity contribution in [2.24, 2.45) is 0 Å². The van der Waals surface area contributed by atoms with Gasteiger partial charge in [0.15, 0.2) is 0 Å². The highest BCUT2D eigenvalue weighted by atomic mass is 16.6. The molecule has 1 fully saturated rings. The van der Waals surface area contributed by atoms with Crippen LogP contribution in [0.25, 0.3) is 0 Å². The number of esters is 1. The van der Waals surface area contributed by atoms with Gasteiger partial charge in [-0.25, -0.2) is 9.78 Å². The molecule has 2 heterocycles. The van der Waals surface area contributed by atoms with Crippen LogP contribution in [0.15, 0.2) is 104 Å². The van der Waals surface area contributed by atoms with Gasteiger partial charge in [-0.15, -0.1) is 0 Å². The average molecular weight is 595 g/mol. The Morgan fingerprint density at radius 3 is 1.95 bits per heavy atom. The number of benzene rings is 3. The van der Waals surface area contributed by atoms with Crippen LogP contribution in [-0.4, -0.2) is 64.4 Å². The molecule has 0 aliphatic carbocycles. The minimum atomic E-state index is -0.691. The first-order chi connectivity index (χ1) is 21.2. The zero-order valence-corrected chi connectivity index (χ0v) is 26.0. The molecule has 230 valence electrons. The lowest BCUT2D eigenvalue weighted by Crippen LogP contribution is -2.54. The van der Waals surface area contributed by atoms with Crippen LogP contribution in [0.2, 0.25) is 0 Å². The highest BCUT2D eigenvalue weighted by Gasteiger charge is 2.39. The van der Waals surface area contributed by atoms with Crippen molar-refractivity contribution < 1.29 is 19.1 Å². The van der Waals surface area contributed by atoms with Gasteiger partial charge in [0, 0.05) is 25.2 Å². The maximum atomic E-state index is 13.2. The minimum absolute atomic E-state index is 0.134. The molecule has 0 bridgehead atoms. The lowest BCUT2D eigenvalue weighted by Gasteiger charge is -2.37. The maximum Gasteiger partial charge on any atom is 0.407 e. The first-order valence-electron chi connectivity index (χ1n) is 15.2. The summed E-state index contributed by atoms with van der Waals surface area (Å²) < 4.78 is 12.9. The van der Waals surface area contributed by atoms with Crippen molar-refractivity contribution in [3.05, 3.63) is 126 Å². The molecule has 1 saturated heterocycles. The number of hydrogen-bond acceptors (Lipinski definition) is 6. The van der Waals surface area contributed by atoms with Gasteiger partial charge in [0.05, 0.1) is 19.1 Å². The Labute approximate surface area is 260 Å². The van der Waals surface area contributed by atoms with Crippen LogP contribution in [0, 0.1) is 0 Å². The second-order valence-electron chi connectivity index (χ2n) is 12.3. The van der Waals surface area contributed by atoms with Crippen molar-refractivity contribution >= 4 is 12.1 Å². The number of carbonyl (C=O) groups excluding carboxylic acids is 2. The Morgan fingerprint density at radius 1 is 0.909 bits per heavy atom. The molecule has 8 heteroatoms. The summed E-state index contributed by atoms with van der Waals surface area (Å²) in [6, 6.07) is 30.6. The summed E-state index contributed by atoms with van der Waals surface area (Å²) in [5, 5.41) is 2.98. The molecule has 1 N–H and O–H groups in total. The average Bonchev–Trinajstić information content (AvgIpc) is 3.49. The summed E-state index contributed by atoms with van der Waals surface area (Å²) >= 11 is 0. The molecule has 1 aromatic heterocycles. The van der Waals surface area contributed by atoms with Crippen LogP contribution in [0.5, 0.6) is 0 Å². The quantitative estimate of drug-likeness (QED) is 0.195. The third-order valence-electron chi connectivity index (χ3n) is 8.09. The fourth-order valence-corrected chi connectivity index (χ4v) is 6.21. The lowest BCUT2D eigenvalue weighted by molar-refractivity contribution is -0.147. The zero-order chi connectivity index (χ0) is 31.2. The Balaban J connectivity index is 1.48. The Bertz CT molecular complexity index is 1420. The van der Waals surface area contributed by atoms with Crippen LogP contribution < -0.4 is 5.32 Å². The van der Waals surface area contributed by atoms with Gasteiger partial charge in [-0.1, -0.05) is 91.0 Å². The van der Waals surface area contributed by atoms with Crippen LogP contribution in [-0.2, 0) is 26.2 Å². The second kappa shape index (κ2) is 13.5. The molecule has 0 radical (unpaired) electrons. The number of rotatable bonds is 9. The van der Waals surface area contributed by atoms with Crippen molar-refractivity contribution in [3.63, 3.8) is 0 Å². The molecule has 4 aromatic rings. The predicted octanol–water partition coefficient (Wildman–Crippen LogP) is 5.80. The van der Waals surface area contributed by atoms with Crippen molar-refractivity contribution in [1.82, 2.24) is 19.8 Å². The van der Waals surface area contributed by atoms with Crippen molar-refractivity contribution in [1.29, 1.82) is 0 Å². The summed E-state index contributed by atoms with van der Waals surface area (Å²) in [4.78, 5) is 32.6. The topological polar surface area (TPSA) is 85.7 Å². The monoisotopic (exact) mass is 594 g/mol. The van der Waals surface area contributed by atoms with Gasteiger partial charge >= 0.3 is 12.1 Å². The predicted molar refractivity (Wildman–Crippen MR) is 170 cm³/mol. The zero-order valence-electron chi connectivity index (χ0n) is 26.0. The molecule has 44 heavy (non-hydrogen) atoms. The van der Waals surface area contributed by atoms with Crippen molar-refractivity contribution in [2.75, 3.05) is 20.2 Å². The van der Waals surface area contributed by atoms with Gasteiger partial charge in [0.25, 0.3) is 0 Å². The van der Waals surface area contributed by atoms with E-state index in [9.17, 15) is 9.59 Å². The number of hydrogen-bond donors (Lipinski definition) is 1. The van der Waals surface area contributed by atoms with Crippen molar-refractivity contribution in [2.45, 2.75) is 63.3 Å². The van der Waals surface area contributed by atoms with E-state index >= 15 is 0 Å². The number of carbonyl (C=O) groups is 2. The number of nitrogens with zero attached hydrogens (tertiary/aromatic N) is 3. The SMILES string of the molecule is COC(=O)C(Cc1cn(C(c2ccccc2)(c2ccccc2)c2ccccc2)cn1)N1CCCC(NC(=O)OC(C)(C)C)C1. The molecule has 1 amide bonds. The molecule has 0 saturated carbocycles. The first-order valence-corrected chi connectivity index (χ1v) is 15.2. The largest absolute Gasteiger partial charge is 0.468 e. The van der Waals surface area contributed by atoms with Crippen LogP contribution in [0.1, 0.15) is 56.0 Å². The third-order valence-corrected chi connectivity index (χ3v) is 8.09. The van der Waals surface area contributed by atoms with E-state index in [-0.39, 0.29) is 12.0 Å². The lowest BCUT2D eigenvalue weighted by atomic mass is 9.77. The van der Waals surface area contributed by atoms with E-state index in [1.54, 1.807) is 0 Å². The second-order valence-corrected chi connectivity index (χ2v) is 12.3. The molecular formula is C36H42N4O4. The minimum Gasteiger partial charge on any atom is -0.468 e. The van der Waals surface area contributed by atoms with Gasteiger partial charge < -0.3 is 19.4 Å². The summed E-state index contributed by atoms with van der Waals surface area (Å²) in [7, 11) is 1.42. The first kappa shape index (κ1) is 31.0. The Kier molecular flexibility index (Phi) is 9.49. The smallest absolute Gasteiger partial charge is 0.407 e. The molecule has 5 rings (SSSR count). The third kappa shape index (κ3) is 6.86. The van der Waals surface area contributed by atoms with E-state index in [1.165, 1.54) is 7.11 Å². The van der Waals surface area contributed by atoms with E-state index in [0.29, 0.717) is 13.0 Å². The molecule has 2 unspecified atom stereocenters. The van der Waals surface area contributed by atoms with Crippen LogP contribution in [0.4, 0.5) is 4.79 Å². The summed E-state index contributed by atoms with van der Waals surface area (Å²) in [6.07, 6.45) is 5.47. The number of piperidine rings is 1. The number of ether oxygens (including phenoxy) is 2. The summed E-state index contributed by atoms with van der Waals surface area (Å²) in [5.74, 6) is -0.321. The number of likely N-dealkylation sites (tertiary alicyclic amines) is 1. The van der Waals surface area contributed by atoms with Gasteiger partial charge in [-0.2, -0.15) is 0 Å². The fraction of sp³-hybridized carbons (Fsp3) is 0.361. The number of imidazole rings is 1. The summed E-state index contributed by atoms with van der Waals surface area (Å²) in [6.45, 7) is 6.76.